The Morgan fingerprint density at radius 2 is 2.20 bits per heavy atom. The summed E-state index contributed by atoms with van der Waals surface area (Å²) in [4.78, 5) is 17.9. The molecule has 25 heavy (non-hydrogen) atoms. The van der Waals surface area contributed by atoms with Crippen molar-refractivity contribution < 1.29 is 23.8 Å². The number of likely N-dealkylation sites (tertiary alicyclic amines) is 1. The van der Waals surface area contributed by atoms with E-state index in [1.54, 1.807) is 0 Å². The molecule has 7 nitrogen and oxygen atoms in total. The van der Waals surface area contributed by atoms with Crippen LogP contribution in [0.25, 0.3) is 0 Å². The summed E-state index contributed by atoms with van der Waals surface area (Å²) in [5, 5.41) is 10.3. The summed E-state index contributed by atoms with van der Waals surface area (Å²) < 4.78 is 16.4. The molecule has 2 atom stereocenters. The highest BCUT2D eigenvalue weighted by Crippen LogP contribution is 2.39. The van der Waals surface area contributed by atoms with Gasteiger partial charge in [-0.1, -0.05) is 13.8 Å². The number of aliphatic hydroxyl groups excluding tert-OH is 1. The highest BCUT2D eigenvalue weighted by atomic mass is 16.5. The fourth-order valence-electron chi connectivity index (χ4n) is 3.82. The molecular weight excluding hydrogens is 324 g/mol. The summed E-state index contributed by atoms with van der Waals surface area (Å²) in [5.41, 5.74) is -0.0128. The second-order valence-electron chi connectivity index (χ2n) is 7.57. The number of carbonyl (C=O) groups excluding carboxylic acids is 1. The van der Waals surface area contributed by atoms with E-state index in [-0.39, 0.29) is 23.5 Å². The molecule has 1 spiro atoms. The minimum atomic E-state index is -0.489. The first-order chi connectivity index (χ1) is 11.9. The van der Waals surface area contributed by atoms with E-state index in [1.165, 1.54) is 13.4 Å². The third kappa shape index (κ3) is 4.22. The van der Waals surface area contributed by atoms with Crippen molar-refractivity contribution >= 4 is 5.97 Å². The second-order valence-corrected chi connectivity index (χ2v) is 7.57. The van der Waals surface area contributed by atoms with Gasteiger partial charge < -0.3 is 19.0 Å². The lowest BCUT2D eigenvalue weighted by molar-refractivity contribution is -0.193. The lowest BCUT2D eigenvalue weighted by Gasteiger charge is -2.48. The average molecular weight is 352 g/mol. The SMILES string of the molecule is COC(=O)c1coc(CN2CCC3(CC2)C[C@H](O)C[C@H](C(C)C)O3)n1. The van der Waals surface area contributed by atoms with Crippen LogP contribution in [0, 0.1) is 5.92 Å². The van der Waals surface area contributed by atoms with Gasteiger partial charge in [0, 0.05) is 19.5 Å². The van der Waals surface area contributed by atoms with Crippen LogP contribution in [0.2, 0.25) is 0 Å². The molecule has 7 heteroatoms. The van der Waals surface area contributed by atoms with Crippen LogP contribution < -0.4 is 0 Å². The monoisotopic (exact) mass is 352 g/mol. The van der Waals surface area contributed by atoms with Crippen molar-refractivity contribution in [1.29, 1.82) is 0 Å². The molecule has 0 saturated carbocycles. The first-order valence-electron chi connectivity index (χ1n) is 9.02. The molecule has 3 heterocycles. The molecular formula is C18H28N2O5. The molecule has 2 fully saturated rings. The second kappa shape index (κ2) is 7.43. The minimum absolute atomic E-state index is 0.129. The van der Waals surface area contributed by atoms with E-state index in [9.17, 15) is 9.90 Å². The number of oxazole rings is 1. The molecule has 3 rings (SSSR count). The molecule has 1 N–H and O–H groups in total. The fourth-order valence-corrected chi connectivity index (χ4v) is 3.82. The van der Waals surface area contributed by atoms with Gasteiger partial charge >= 0.3 is 5.97 Å². The molecule has 0 radical (unpaired) electrons. The van der Waals surface area contributed by atoms with E-state index >= 15 is 0 Å². The van der Waals surface area contributed by atoms with Crippen LogP contribution in [-0.4, -0.2) is 59.0 Å². The number of aliphatic hydroxyl groups is 1. The lowest BCUT2D eigenvalue weighted by atomic mass is 9.80. The molecule has 0 bridgehead atoms. The predicted molar refractivity (Wildman–Crippen MR) is 90.0 cm³/mol. The smallest absolute Gasteiger partial charge is 0.360 e. The number of aromatic nitrogens is 1. The van der Waals surface area contributed by atoms with Crippen LogP contribution in [-0.2, 0) is 16.0 Å². The highest BCUT2D eigenvalue weighted by Gasteiger charge is 2.44. The molecule has 1 aromatic rings. The van der Waals surface area contributed by atoms with Gasteiger partial charge in [-0.05, 0) is 25.2 Å². The van der Waals surface area contributed by atoms with E-state index in [4.69, 9.17) is 9.15 Å². The largest absolute Gasteiger partial charge is 0.464 e. The van der Waals surface area contributed by atoms with Crippen LogP contribution in [0.15, 0.2) is 10.7 Å². The van der Waals surface area contributed by atoms with Gasteiger partial charge in [-0.3, -0.25) is 4.90 Å². The van der Waals surface area contributed by atoms with Crippen LogP contribution >= 0.6 is 0 Å². The fraction of sp³-hybridized carbons (Fsp3) is 0.778. The number of esters is 1. The quantitative estimate of drug-likeness (QED) is 0.830. The maximum Gasteiger partial charge on any atom is 0.360 e. The van der Waals surface area contributed by atoms with E-state index in [0.717, 1.165) is 38.8 Å². The Bertz CT molecular complexity index is 592. The summed E-state index contributed by atoms with van der Waals surface area (Å²) in [7, 11) is 1.32. The van der Waals surface area contributed by atoms with Crippen LogP contribution in [0.3, 0.4) is 0 Å². The van der Waals surface area contributed by atoms with Gasteiger partial charge in [0.2, 0.25) is 5.89 Å². The topological polar surface area (TPSA) is 85.0 Å². The van der Waals surface area contributed by atoms with Crippen molar-refractivity contribution in [3.8, 4) is 0 Å². The van der Waals surface area contributed by atoms with Crippen LogP contribution in [0.5, 0.6) is 0 Å². The molecule has 0 aromatic carbocycles. The summed E-state index contributed by atoms with van der Waals surface area (Å²) in [5.74, 6) is 0.437. The number of nitrogens with zero attached hydrogens (tertiary/aromatic N) is 2. The number of ether oxygens (including phenoxy) is 2. The summed E-state index contributed by atoms with van der Waals surface area (Å²) in [6.45, 7) is 6.56. The third-order valence-electron chi connectivity index (χ3n) is 5.33. The van der Waals surface area contributed by atoms with Crippen molar-refractivity contribution in [2.24, 2.45) is 5.92 Å². The van der Waals surface area contributed by atoms with E-state index in [0.29, 0.717) is 18.4 Å². The number of rotatable bonds is 4. The Balaban J connectivity index is 1.56. The first kappa shape index (κ1) is 18.4. The highest BCUT2D eigenvalue weighted by molar-refractivity contribution is 5.86. The van der Waals surface area contributed by atoms with Gasteiger partial charge in [0.15, 0.2) is 5.69 Å². The van der Waals surface area contributed by atoms with Crippen molar-refractivity contribution in [2.75, 3.05) is 20.2 Å². The number of carbonyl (C=O) groups is 1. The molecule has 0 amide bonds. The Morgan fingerprint density at radius 1 is 1.48 bits per heavy atom. The molecule has 140 valence electrons. The van der Waals surface area contributed by atoms with Crippen molar-refractivity contribution in [3.63, 3.8) is 0 Å². The molecule has 2 aliphatic heterocycles. The maximum absolute atomic E-state index is 11.4. The number of methoxy groups -OCH3 is 1. The van der Waals surface area contributed by atoms with Gasteiger partial charge in [0.25, 0.3) is 0 Å². The first-order valence-corrected chi connectivity index (χ1v) is 9.02. The molecule has 1 aromatic heterocycles. The maximum atomic E-state index is 11.4. The average Bonchev–Trinajstić information content (AvgIpc) is 3.04. The van der Waals surface area contributed by atoms with Crippen molar-refractivity contribution in [1.82, 2.24) is 9.88 Å². The Hall–Kier alpha value is -1.44. The number of hydrogen-bond acceptors (Lipinski definition) is 7. The number of piperidine rings is 1. The molecule has 0 aliphatic carbocycles. The summed E-state index contributed by atoms with van der Waals surface area (Å²) in [6, 6.07) is 0. The van der Waals surface area contributed by atoms with E-state index < -0.39 is 5.97 Å². The standard InChI is InChI=1S/C18H28N2O5/c1-12(2)15-8-13(21)9-18(25-15)4-6-20(7-5-18)10-16-19-14(11-24-16)17(22)23-3/h11-13,15,21H,4-10H2,1-3H3/t13-,15-/m1/s1. The molecule has 2 saturated heterocycles. The minimum Gasteiger partial charge on any atom is -0.464 e. The van der Waals surface area contributed by atoms with Crippen molar-refractivity contribution in [2.45, 2.75) is 63.9 Å². The Kier molecular flexibility index (Phi) is 5.46. The van der Waals surface area contributed by atoms with Gasteiger partial charge in [-0.25, -0.2) is 9.78 Å². The predicted octanol–water partition coefficient (Wildman–Crippen LogP) is 1.99. The van der Waals surface area contributed by atoms with Gasteiger partial charge in [0.1, 0.15) is 6.26 Å². The Morgan fingerprint density at radius 3 is 2.84 bits per heavy atom. The normalized spacial score (nSPS) is 26.9. The zero-order chi connectivity index (χ0) is 18.0. The Labute approximate surface area is 148 Å². The van der Waals surface area contributed by atoms with Crippen molar-refractivity contribution in [3.05, 3.63) is 17.8 Å². The van der Waals surface area contributed by atoms with Crippen LogP contribution in [0.4, 0.5) is 0 Å². The van der Waals surface area contributed by atoms with Gasteiger partial charge in [-0.2, -0.15) is 0 Å². The third-order valence-corrected chi connectivity index (χ3v) is 5.33. The number of hydrogen-bond donors (Lipinski definition) is 1. The van der Waals surface area contributed by atoms with E-state index in [1.807, 2.05) is 0 Å². The lowest BCUT2D eigenvalue weighted by Crippen LogP contribution is -2.53. The molecule has 0 unspecified atom stereocenters. The van der Waals surface area contributed by atoms with E-state index in [2.05, 4.69) is 28.5 Å². The van der Waals surface area contributed by atoms with Gasteiger partial charge in [-0.15, -0.1) is 0 Å². The summed E-state index contributed by atoms with van der Waals surface area (Å²) in [6.07, 6.45) is 4.41. The zero-order valence-corrected chi connectivity index (χ0v) is 15.2. The summed E-state index contributed by atoms with van der Waals surface area (Å²) >= 11 is 0. The van der Waals surface area contributed by atoms with Crippen LogP contribution in [0.1, 0.15) is 55.9 Å². The zero-order valence-electron chi connectivity index (χ0n) is 15.2. The van der Waals surface area contributed by atoms with Gasteiger partial charge in [0.05, 0.1) is 31.5 Å². The molecule has 2 aliphatic rings.